The lowest BCUT2D eigenvalue weighted by molar-refractivity contribution is -0.150. The molecule has 2 aliphatic rings. The highest BCUT2D eigenvalue weighted by atomic mass is 32.2. The molecule has 3 heterocycles. The van der Waals surface area contributed by atoms with Crippen LogP contribution in [0.1, 0.15) is 5.89 Å². The van der Waals surface area contributed by atoms with E-state index >= 15 is 0 Å². The first-order chi connectivity index (χ1) is 14.8. The third-order valence-corrected chi connectivity index (χ3v) is 7.29. The largest absolute Gasteiger partial charge is 0.481 e. The van der Waals surface area contributed by atoms with Gasteiger partial charge < -0.3 is 19.9 Å². The fraction of sp³-hybridized carbons (Fsp3) is 0.438. The lowest BCUT2D eigenvalue weighted by atomic mass is 10.0. The van der Waals surface area contributed by atoms with Crippen molar-refractivity contribution < 1.29 is 33.8 Å². The molecule has 0 bridgehead atoms. The highest BCUT2D eigenvalue weighted by molar-refractivity contribution is 8.01. The molecule has 1 aromatic rings. The lowest BCUT2D eigenvalue weighted by Crippen LogP contribution is -2.71. The number of hydrogen-bond donors (Lipinski definition) is 3. The summed E-state index contributed by atoms with van der Waals surface area (Å²) in [5.74, 6) is -3.21. The quantitative estimate of drug-likeness (QED) is 0.308. The Hall–Kier alpha value is -2.70. The predicted molar refractivity (Wildman–Crippen MR) is 109 cm³/mol. The molecule has 1 fully saturated rings. The molecule has 0 aliphatic carbocycles. The van der Waals surface area contributed by atoms with Crippen LogP contribution in [0.15, 0.2) is 20.9 Å². The van der Waals surface area contributed by atoms with E-state index in [0.29, 0.717) is 5.57 Å². The molecule has 0 aromatic carbocycles. The molecule has 15 heteroatoms. The van der Waals surface area contributed by atoms with E-state index in [4.69, 9.17) is 14.8 Å². The molecule has 0 radical (unpaired) electrons. The minimum absolute atomic E-state index is 0.0714. The van der Waals surface area contributed by atoms with E-state index in [0.717, 1.165) is 28.4 Å². The number of hydrogen-bond acceptors (Lipinski definition) is 11. The number of nitriles is 1. The molecule has 0 saturated carbocycles. The van der Waals surface area contributed by atoms with E-state index in [2.05, 4.69) is 15.5 Å². The standard InChI is InChI=1S/C16H15N5O7S3/c1-29-7(3-17)12(24)18-10-13(25)21-11(15(26)27)6(4-30-14(10)21)5-31-16-20-19-8(28-16)2-9(22)23/h7,10,14H,2,4-5H2,1H3,(H,18,24)(H,22,23)(H,26,27)/t7?,10?,14-/m0/s1. The number of aliphatic carboxylic acids is 2. The maximum Gasteiger partial charge on any atom is 0.352 e. The van der Waals surface area contributed by atoms with Gasteiger partial charge in [-0.05, 0) is 11.8 Å². The topological polar surface area (TPSA) is 187 Å². The zero-order chi connectivity index (χ0) is 22.7. The number of nitrogens with zero attached hydrogens (tertiary/aromatic N) is 4. The third kappa shape index (κ3) is 4.81. The van der Waals surface area contributed by atoms with Crippen molar-refractivity contribution in [3.63, 3.8) is 0 Å². The van der Waals surface area contributed by atoms with Gasteiger partial charge in [-0.2, -0.15) is 5.26 Å². The van der Waals surface area contributed by atoms with Gasteiger partial charge in [-0.1, -0.05) is 11.8 Å². The van der Waals surface area contributed by atoms with E-state index < -0.39 is 46.8 Å². The van der Waals surface area contributed by atoms with E-state index in [9.17, 15) is 24.3 Å². The number of carboxylic acid groups (broad SMARTS) is 2. The molecular formula is C16H15N5O7S3. The van der Waals surface area contributed by atoms with Crippen LogP contribution >= 0.6 is 35.3 Å². The average molecular weight is 486 g/mol. The fourth-order valence-electron chi connectivity index (χ4n) is 2.89. The first kappa shape index (κ1) is 23.0. The molecule has 31 heavy (non-hydrogen) atoms. The van der Waals surface area contributed by atoms with E-state index in [-0.39, 0.29) is 28.3 Å². The highest BCUT2D eigenvalue weighted by Gasteiger charge is 2.54. The predicted octanol–water partition coefficient (Wildman–Crippen LogP) is -0.217. The van der Waals surface area contributed by atoms with Crippen LogP contribution in [-0.4, -0.2) is 83.5 Å². The van der Waals surface area contributed by atoms with Crippen LogP contribution in [0.5, 0.6) is 0 Å². The highest BCUT2D eigenvalue weighted by Crippen LogP contribution is 2.41. The summed E-state index contributed by atoms with van der Waals surface area (Å²) in [6.45, 7) is 0. The Bertz CT molecular complexity index is 1000. The van der Waals surface area contributed by atoms with Crippen molar-refractivity contribution in [2.45, 2.75) is 28.3 Å². The van der Waals surface area contributed by atoms with Crippen LogP contribution in [0, 0.1) is 11.3 Å². The number of carbonyl (C=O) groups excluding carboxylic acids is 2. The number of fused-ring (bicyclic) bond motifs is 1. The zero-order valence-corrected chi connectivity index (χ0v) is 18.3. The number of aromatic nitrogens is 2. The third-order valence-electron chi connectivity index (χ3n) is 4.26. The van der Waals surface area contributed by atoms with Gasteiger partial charge in [0.1, 0.15) is 23.5 Å². The lowest BCUT2D eigenvalue weighted by Gasteiger charge is -2.49. The van der Waals surface area contributed by atoms with Crippen LogP contribution in [0.25, 0.3) is 0 Å². The van der Waals surface area contributed by atoms with Crippen molar-refractivity contribution in [2.75, 3.05) is 17.8 Å². The van der Waals surface area contributed by atoms with Gasteiger partial charge >= 0.3 is 11.9 Å². The van der Waals surface area contributed by atoms with Crippen LogP contribution < -0.4 is 5.32 Å². The van der Waals surface area contributed by atoms with Gasteiger partial charge in [0.15, 0.2) is 5.25 Å². The number of amides is 2. The molecule has 164 valence electrons. The first-order valence-corrected chi connectivity index (χ1v) is 11.9. The van der Waals surface area contributed by atoms with Gasteiger partial charge in [0.05, 0.1) is 6.07 Å². The van der Waals surface area contributed by atoms with Crippen molar-refractivity contribution in [1.82, 2.24) is 20.4 Å². The zero-order valence-electron chi connectivity index (χ0n) is 15.8. The number of nitrogens with one attached hydrogen (secondary N) is 1. The second-order valence-corrected chi connectivity index (χ2v) is 9.19. The number of carboxylic acids is 2. The van der Waals surface area contributed by atoms with Crippen LogP contribution in [0.4, 0.5) is 0 Å². The Morgan fingerprint density at radius 1 is 1.42 bits per heavy atom. The second-order valence-electron chi connectivity index (χ2n) is 6.22. The van der Waals surface area contributed by atoms with Crippen LogP contribution in [0.2, 0.25) is 0 Å². The number of β-lactam (4-membered cyclic amide) rings is 1. The molecule has 12 nitrogen and oxygen atoms in total. The van der Waals surface area contributed by atoms with Crippen molar-refractivity contribution >= 4 is 59.0 Å². The monoisotopic (exact) mass is 485 g/mol. The Balaban J connectivity index is 1.70. The van der Waals surface area contributed by atoms with Crippen molar-refractivity contribution in [1.29, 1.82) is 5.26 Å². The van der Waals surface area contributed by atoms with Gasteiger partial charge in [0, 0.05) is 11.5 Å². The van der Waals surface area contributed by atoms with Gasteiger partial charge in [0.2, 0.25) is 11.8 Å². The molecule has 1 aromatic heterocycles. The van der Waals surface area contributed by atoms with Gasteiger partial charge in [-0.15, -0.1) is 33.7 Å². The summed E-state index contributed by atoms with van der Waals surface area (Å²) in [5.41, 5.74) is 0.285. The summed E-state index contributed by atoms with van der Waals surface area (Å²) in [5, 5.41) is 35.8. The van der Waals surface area contributed by atoms with E-state index in [1.165, 1.54) is 11.8 Å². The number of rotatable bonds is 9. The van der Waals surface area contributed by atoms with Gasteiger partial charge in [-0.3, -0.25) is 19.3 Å². The maximum absolute atomic E-state index is 12.6. The summed E-state index contributed by atoms with van der Waals surface area (Å²) in [4.78, 5) is 48.3. The normalized spacial score (nSPS) is 21.0. The molecule has 1 saturated heterocycles. The Morgan fingerprint density at radius 3 is 2.77 bits per heavy atom. The molecule has 3 N–H and O–H groups in total. The smallest absolute Gasteiger partial charge is 0.352 e. The Labute approximate surface area is 187 Å². The molecule has 3 rings (SSSR count). The Kier molecular flexibility index (Phi) is 7.13. The minimum atomic E-state index is -1.28. The number of carbonyl (C=O) groups is 4. The maximum atomic E-state index is 12.6. The first-order valence-electron chi connectivity index (χ1n) is 8.56. The molecule has 2 amide bonds. The van der Waals surface area contributed by atoms with Gasteiger partial charge in [0.25, 0.3) is 11.1 Å². The van der Waals surface area contributed by atoms with Crippen LogP contribution in [0.3, 0.4) is 0 Å². The molecule has 3 atom stereocenters. The van der Waals surface area contributed by atoms with Crippen molar-refractivity contribution in [3.8, 4) is 6.07 Å². The van der Waals surface area contributed by atoms with Gasteiger partial charge in [-0.25, -0.2) is 4.79 Å². The van der Waals surface area contributed by atoms with Crippen molar-refractivity contribution in [3.05, 3.63) is 17.2 Å². The Morgan fingerprint density at radius 2 is 2.16 bits per heavy atom. The van der Waals surface area contributed by atoms with Crippen molar-refractivity contribution in [2.24, 2.45) is 0 Å². The fourth-order valence-corrected chi connectivity index (χ4v) is 5.54. The SMILES string of the molecule is CSC(C#N)C(=O)NC1C(=O)N2C(C(=O)O)=C(CSc3nnc(CC(=O)O)o3)CS[C@@H]12. The summed E-state index contributed by atoms with van der Waals surface area (Å²) in [6.07, 6.45) is 1.17. The average Bonchev–Trinajstić information content (AvgIpc) is 3.16. The number of thioether (sulfide) groups is 3. The summed E-state index contributed by atoms with van der Waals surface area (Å²) in [7, 11) is 0. The van der Waals surface area contributed by atoms with Crippen LogP contribution in [-0.2, 0) is 25.6 Å². The molecular weight excluding hydrogens is 470 g/mol. The summed E-state index contributed by atoms with van der Waals surface area (Å²) in [6, 6.07) is 0.927. The van der Waals surface area contributed by atoms with E-state index in [1.54, 1.807) is 6.26 Å². The molecule has 0 spiro atoms. The summed E-state index contributed by atoms with van der Waals surface area (Å²) >= 11 is 3.36. The molecule has 2 aliphatic heterocycles. The van der Waals surface area contributed by atoms with E-state index in [1.807, 2.05) is 6.07 Å². The molecule has 2 unspecified atom stereocenters. The summed E-state index contributed by atoms with van der Waals surface area (Å²) < 4.78 is 5.20. The minimum Gasteiger partial charge on any atom is -0.481 e. The second kappa shape index (κ2) is 9.62.